The molecule has 0 aliphatic heterocycles. The molecule has 1 fully saturated rings. The molecule has 1 atom stereocenters. The van der Waals surface area contributed by atoms with Gasteiger partial charge in [-0.3, -0.25) is 4.79 Å². The van der Waals surface area contributed by atoms with Crippen molar-refractivity contribution in [3.8, 4) is 10.6 Å². The van der Waals surface area contributed by atoms with Crippen molar-refractivity contribution < 1.29 is 0 Å². The van der Waals surface area contributed by atoms with E-state index in [2.05, 4.69) is 17.5 Å². The van der Waals surface area contributed by atoms with Crippen LogP contribution < -0.4 is 11.3 Å². The van der Waals surface area contributed by atoms with E-state index in [0.717, 1.165) is 29.0 Å². The Hall–Kier alpha value is -1.39. The largest absolute Gasteiger partial charge is 0.324 e. The number of nitrogens with two attached hydrogens (primary N) is 1. The van der Waals surface area contributed by atoms with Gasteiger partial charge in [0.05, 0.1) is 10.6 Å². The summed E-state index contributed by atoms with van der Waals surface area (Å²) in [5, 5.41) is 2.06. The fraction of sp³-hybridized carbons (Fsp3) is 0.471. The summed E-state index contributed by atoms with van der Waals surface area (Å²) in [5.41, 5.74) is 7.84. The minimum absolute atomic E-state index is 0.0998. The van der Waals surface area contributed by atoms with Gasteiger partial charge in [0, 0.05) is 17.6 Å². The minimum atomic E-state index is -0.218. The van der Waals surface area contributed by atoms with Crippen LogP contribution in [0.3, 0.4) is 0 Å². The first-order chi connectivity index (χ1) is 10.2. The Morgan fingerprint density at radius 2 is 2.00 bits per heavy atom. The summed E-state index contributed by atoms with van der Waals surface area (Å²) in [6.45, 7) is 1.88. The van der Waals surface area contributed by atoms with Gasteiger partial charge in [0.25, 0.3) is 5.56 Å². The van der Waals surface area contributed by atoms with E-state index in [1.165, 1.54) is 19.3 Å². The summed E-state index contributed by atoms with van der Waals surface area (Å²) in [4.78, 5) is 14.1. The quantitative estimate of drug-likeness (QED) is 0.928. The lowest BCUT2D eigenvalue weighted by molar-refractivity contribution is 0.347. The van der Waals surface area contributed by atoms with E-state index >= 15 is 0 Å². The molecule has 1 saturated carbocycles. The maximum Gasteiger partial charge on any atom is 0.256 e. The lowest BCUT2D eigenvalue weighted by Crippen LogP contribution is -2.32. The summed E-state index contributed by atoms with van der Waals surface area (Å²) >= 11 is 1.69. The zero-order valence-corrected chi connectivity index (χ0v) is 13.2. The van der Waals surface area contributed by atoms with Crippen LogP contribution in [0.5, 0.6) is 0 Å². The van der Waals surface area contributed by atoms with Crippen LogP contribution in [-0.4, -0.2) is 4.57 Å². The molecule has 2 N–H and O–H groups in total. The van der Waals surface area contributed by atoms with Crippen molar-refractivity contribution in [1.29, 1.82) is 0 Å². The van der Waals surface area contributed by atoms with Gasteiger partial charge in [0.2, 0.25) is 0 Å². The molecular weight excluding hydrogens is 280 g/mol. The van der Waals surface area contributed by atoms with E-state index in [0.29, 0.717) is 6.04 Å². The Morgan fingerprint density at radius 1 is 1.24 bits per heavy atom. The molecule has 4 heteroatoms. The fourth-order valence-corrected chi connectivity index (χ4v) is 3.99. The lowest BCUT2D eigenvalue weighted by Gasteiger charge is -2.27. The van der Waals surface area contributed by atoms with Crippen molar-refractivity contribution >= 4 is 11.3 Å². The van der Waals surface area contributed by atoms with Crippen LogP contribution in [0.4, 0.5) is 0 Å². The molecule has 0 spiro atoms. The summed E-state index contributed by atoms with van der Waals surface area (Å²) in [6.07, 6.45) is 5.90. The van der Waals surface area contributed by atoms with Crippen LogP contribution in [-0.2, 0) is 0 Å². The molecule has 0 saturated heterocycles. The first kappa shape index (κ1) is 14.5. The molecule has 2 aromatic rings. The number of thiophene rings is 1. The highest BCUT2D eigenvalue weighted by molar-refractivity contribution is 7.13. The second-order valence-electron chi connectivity index (χ2n) is 5.91. The van der Waals surface area contributed by atoms with Gasteiger partial charge >= 0.3 is 0 Å². The van der Waals surface area contributed by atoms with Crippen LogP contribution in [0.15, 0.2) is 34.4 Å². The average molecular weight is 302 g/mol. The molecule has 2 heterocycles. The first-order valence-corrected chi connectivity index (χ1v) is 8.61. The Balaban J connectivity index is 2.16. The molecule has 0 amide bonds. The summed E-state index contributed by atoms with van der Waals surface area (Å²) < 4.78 is 2.02. The van der Waals surface area contributed by atoms with Gasteiger partial charge in [-0.2, -0.15) is 0 Å². The molecule has 112 valence electrons. The van der Waals surface area contributed by atoms with Crippen molar-refractivity contribution in [2.75, 3.05) is 0 Å². The molecular formula is C17H22N2OS. The van der Waals surface area contributed by atoms with E-state index in [-0.39, 0.29) is 11.6 Å². The maximum absolute atomic E-state index is 12.9. The highest BCUT2D eigenvalue weighted by Gasteiger charge is 2.22. The Labute approximate surface area is 129 Å². The number of hydrogen-bond acceptors (Lipinski definition) is 3. The monoisotopic (exact) mass is 302 g/mol. The molecule has 3 rings (SSSR count). The zero-order valence-electron chi connectivity index (χ0n) is 12.4. The summed E-state index contributed by atoms with van der Waals surface area (Å²) in [5.74, 6) is 0. The first-order valence-electron chi connectivity index (χ1n) is 7.73. The van der Waals surface area contributed by atoms with Gasteiger partial charge in [0.15, 0.2) is 0 Å². The Morgan fingerprint density at radius 3 is 2.62 bits per heavy atom. The van der Waals surface area contributed by atoms with E-state index in [1.54, 1.807) is 11.3 Å². The third kappa shape index (κ3) is 2.83. The van der Waals surface area contributed by atoms with Crippen molar-refractivity contribution in [3.63, 3.8) is 0 Å². The van der Waals surface area contributed by atoms with E-state index < -0.39 is 0 Å². The Bertz CT molecular complexity index is 652. The van der Waals surface area contributed by atoms with Gasteiger partial charge in [-0.25, -0.2) is 0 Å². The van der Waals surface area contributed by atoms with Gasteiger partial charge in [-0.05, 0) is 43.3 Å². The molecule has 0 aromatic carbocycles. The van der Waals surface area contributed by atoms with Crippen molar-refractivity contribution in [2.24, 2.45) is 5.73 Å². The maximum atomic E-state index is 12.9. The van der Waals surface area contributed by atoms with Gasteiger partial charge in [0.1, 0.15) is 0 Å². The molecule has 1 aliphatic carbocycles. The molecule has 1 unspecified atom stereocenters. The fourth-order valence-electron chi connectivity index (χ4n) is 3.24. The van der Waals surface area contributed by atoms with Crippen molar-refractivity contribution in [1.82, 2.24) is 4.57 Å². The second-order valence-corrected chi connectivity index (χ2v) is 6.85. The second kappa shape index (κ2) is 6.16. The highest BCUT2D eigenvalue weighted by atomic mass is 32.1. The predicted molar refractivity (Wildman–Crippen MR) is 88.7 cm³/mol. The number of hydrogen-bond donors (Lipinski definition) is 1. The minimum Gasteiger partial charge on any atom is -0.324 e. The number of rotatable bonds is 3. The zero-order chi connectivity index (χ0) is 14.8. The molecule has 0 radical (unpaired) electrons. The third-order valence-electron chi connectivity index (χ3n) is 4.35. The smallest absolute Gasteiger partial charge is 0.256 e. The van der Waals surface area contributed by atoms with E-state index in [1.807, 2.05) is 23.6 Å². The molecule has 3 nitrogen and oxygen atoms in total. The number of aromatic nitrogens is 1. The van der Waals surface area contributed by atoms with Gasteiger partial charge in [-0.15, -0.1) is 11.3 Å². The van der Waals surface area contributed by atoms with Crippen molar-refractivity contribution in [3.05, 3.63) is 45.6 Å². The van der Waals surface area contributed by atoms with Crippen LogP contribution in [0.25, 0.3) is 10.6 Å². The topological polar surface area (TPSA) is 48.0 Å². The van der Waals surface area contributed by atoms with Crippen LogP contribution in [0.1, 0.15) is 56.7 Å². The third-order valence-corrected chi connectivity index (χ3v) is 5.24. The molecule has 0 bridgehead atoms. The lowest BCUT2D eigenvalue weighted by atomic mass is 9.94. The highest BCUT2D eigenvalue weighted by Crippen LogP contribution is 2.33. The van der Waals surface area contributed by atoms with E-state index in [4.69, 9.17) is 5.73 Å². The average Bonchev–Trinajstić information content (AvgIpc) is 3.01. The summed E-state index contributed by atoms with van der Waals surface area (Å²) in [6, 6.07) is 8.20. The number of pyridine rings is 1. The SMILES string of the molecule is CC(N)c1ccc(-c2cccs2)n(C2CCCCC2)c1=O. The Kier molecular flexibility index (Phi) is 4.27. The number of nitrogens with zero attached hydrogens (tertiary/aromatic N) is 1. The van der Waals surface area contributed by atoms with Crippen LogP contribution >= 0.6 is 11.3 Å². The van der Waals surface area contributed by atoms with Crippen molar-refractivity contribution in [2.45, 2.75) is 51.1 Å². The molecule has 21 heavy (non-hydrogen) atoms. The normalized spacial score (nSPS) is 17.8. The van der Waals surface area contributed by atoms with Crippen LogP contribution in [0, 0.1) is 0 Å². The standard InChI is InChI=1S/C17H22N2OS/c1-12(18)14-9-10-15(16-8-5-11-21-16)19(17(14)20)13-6-3-2-4-7-13/h5,8-13H,2-4,6-7,18H2,1H3. The van der Waals surface area contributed by atoms with Gasteiger partial charge < -0.3 is 10.3 Å². The molecule has 2 aromatic heterocycles. The predicted octanol–water partition coefficient (Wildman–Crippen LogP) is 4.10. The van der Waals surface area contributed by atoms with Gasteiger partial charge in [-0.1, -0.05) is 25.3 Å². The van der Waals surface area contributed by atoms with Crippen LogP contribution in [0.2, 0.25) is 0 Å². The van der Waals surface area contributed by atoms with E-state index in [9.17, 15) is 4.79 Å². The summed E-state index contributed by atoms with van der Waals surface area (Å²) in [7, 11) is 0. The molecule has 1 aliphatic rings.